The first-order chi connectivity index (χ1) is 15.5. The van der Waals surface area contributed by atoms with Crippen molar-refractivity contribution in [3.63, 3.8) is 0 Å². The molecule has 166 valence electrons. The molecule has 2 heterocycles. The highest BCUT2D eigenvalue weighted by atomic mass is 35.5. The first-order valence-electron chi connectivity index (χ1n) is 10.4. The maximum Gasteiger partial charge on any atom is 0.272 e. The minimum atomic E-state index is -0.465. The van der Waals surface area contributed by atoms with Crippen LogP contribution in [0, 0.1) is 5.82 Å². The van der Waals surface area contributed by atoms with Crippen molar-refractivity contribution in [2.45, 2.75) is 18.9 Å². The van der Waals surface area contributed by atoms with Crippen molar-refractivity contribution >= 4 is 29.1 Å². The number of nitrogens with zero attached hydrogens (tertiary/aromatic N) is 2. The number of benzene rings is 2. The summed E-state index contributed by atoms with van der Waals surface area (Å²) in [5.74, 6) is -0.984. The van der Waals surface area contributed by atoms with E-state index < -0.39 is 5.91 Å². The average Bonchev–Trinajstić information content (AvgIpc) is 3.30. The van der Waals surface area contributed by atoms with Gasteiger partial charge in [0.1, 0.15) is 5.82 Å². The summed E-state index contributed by atoms with van der Waals surface area (Å²) >= 11 is 6.20. The maximum atomic E-state index is 13.4. The molecule has 3 aromatic rings. The summed E-state index contributed by atoms with van der Waals surface area (Å²) in [5, 5.41) is 13.4. The number of hydrogen-bond acceptors (Lipinski definition) is 4. The Morgan fingerprint density at radius 2 is 1.91 bits per heavy atom. The van der Waals surface area contributed by atoms with Crippen LogP contribution in [-0.2, 0) is 4.79 Å². The summed E-state index contributed by atoms with van der Waals surface area (Å²) in [6.07, 6.45) is 1.59. The lowest BCUT2D eigenvalue weighted by atomic mass is 10.0. The van der Waals surface area contributed by atoms with E-state index in [0.717, 1.165) is 18.5 Å². The number of para-hydroxylation sites is 1. The van der Waals surface area contributed by atoms with E-state index >= 15 is 0 Å². The average molecular weight is 456 g/mol. The Hall–Kier alpha value is -3.39. The summed E-state index contributed by atoms with van der Waals surface area (Å²) in [6, 6.07) is 15.3. The third-order valence-corrected chi connectivity index (χ3v) is 5.76. The topological polar surface area (TPSA) is 90.1 Å². The van der Waals surface area contributed by atoms with Crippen LogP contribution in [0.2, 0.25) is 5.02 Å². The molecule has 1 aliphatic heterocycles. The quantitative estimate of drug-likeness (QED) is 0.528. The molecule has 1 aliphatic rings. The number of nitrogens with one attached hydrogen (secondary N) is 3. The Kier molecular flexibility index (Phi) is 6.70. The van der Waals surface area contributed by atoms with Crippen molar-refractivity contribution < 1.29 is 14.0 Å². The van der Waals surface area contributed by atoms with E-state index in [-0.39, 0.29) is 30.0 Å². The van der Waals surface area contributed by atoms with Gasteiger partial charge in [-0.2, -0.15) is 5.10 Å². The van der Waals surface area contributed by atoms with Crippen LogP contribution in [-0.4, -0.2) is 52.6 Å². The molecule has 32 heavy (non-hydrogen) atoms. The van der Waals surface area contributed by atoms with E-state index in [9.17, 15) is 14.0 Å². The molecule has 7 nitrogen and oxygen atoms in total. The van der Waals surface area contributed by atoms with Crippen LogP contribution in [0.25, 0.3) is 11.3 Å². The Bertz CT molecular complexity index is 1110. The summed E-state index contributed by atoms with van der Waals surface area (Å²) in [6.45, 7) is 1.09. The highest BCUT2D eigenvalue weighted by molar-refractivity contribution is 6.33. The van der Waals surface area contributed by atoms with Crippen molar-refractivity contribution in [1.82, 2.24) is 20.4 Å². The number of carbonyl (C=O) groups is 2. The van der Waals surface area contributed by atoms with Gasteiger partial charge in [-0.15, -0.1) is 0 Å². The van der Waals surface area contributed by atoms with Gasteiger partial charge in [0, 0.05) is 24.7 Å². The molecule has 0 saturated carbocycles. The summed E-state index contributed by atoms with van der Waals surface area (Å²) in [4.78, 5) is 26.6. The highest BCUT2D eigenvalue weighted by Gasteiger charge is 2.23. The Balaban J connectivity index is 1.25. The van der Waals surface area contributed by atoms with Crippen molar-refractivity contribution in [2.75, 3.05) is 25.0 Å². The van der Waals surface area contributed by atoms with Crippen LogP contribution in [0.3, 0.4) is 0 Å². The number of aromatic amines is 1. The fourth-order valence-corrected chi connectivity index (χ4v) is 3.86. The van der Waals surface area contributed by atoms with Gasteiger partial charge in [-0.1, -0.05) is 35.9 Å². The molecule has 1 aromatic heterocycles. The molecule has 2 amide bonds. The van der Waals surface area contributed by atoms with Crippen LogP contribution in [0.4, 0.5) is 10.1 Å². The molecular formula is C23H23ClFN5O2. The van der Waals surface area contributed by atoms with Gasteiger partial charge in [-0.25, -0.2) is 4.39 Å². The monoisotopic (exact) mass is 455 g/mol. The van der Waals surface area contributed by atoms with Crippen LogP contribution in [0.1, 0.15) is 23.3 Å². The zero-order chi connectivity index (χ0) is 22.5. The number of piperidine rings is 1. The molecular weight excluding hydrogens is 433 g/mol. The number of amides is 2. The number of anilines is 1. The lowest BCUT2D eigenvalue weighted by molar-refractivity contribution is -0.131. The molecule has 3 N–H and O–H groups in total. The minimum Gasteiger partial charge on any atom is -0.381 e. The second kappa shape index (κ2) is 9.82. The molecule has 2 aromatic carbocycles. The zero-order valence-corrected chi connectivity index (χ0v) is 18.0. The van der Waals surface area contributed by atoms with Gasteiger partial charge < -0.3 is 15.5 Å². The van der Waals surface area contributed by atoms with E-state index in [2.05, 4.69) is 20.8 Å². The Morgan fingerprint density at radius 1 is 1.12 bits per heavy atom. The molecule has 0 radical (unpaired) electrons. The van der Waals surface area contributed by atoms with Crippen LogP contribution >= 0.6 is 11.6 Å². The smallest absolute Gasteiger partial charge is 0.272 e. The molecule has 9 heteroatoms. The van der Waals surface area contributed by atoms with Gasteiger partial charge in [0.2, 0.25) is 5.91 Å². The van der Waals surface area contributed by atoms with Gasteiger partial charge >= 0.3 is 0 Å². The number of carbonyl (C=O) groups excluding carboxylic acids is 2. The van der Waals surface area contributed by atoms with Gasteiger partial charge in [-0.3, -0.25) is 14.7 Å². The number of rotatable bonds is 6. The van der Waals surface area contributed by atoms with E-state index in [4.69, 9.17) is 11.6 Å². The molecule has 0 spiro atoms. The predicted molar refractivity (Wildman–Crippen MR) is 121 cm³/mol. The molecule has 4 rings (SSSR count). The van der Waals surface area contributed by atoms with Crippen molar-refractivity contribution in [2.24, 2.45) is 0 Å². The lowest BCUT2D eigenvalue weighted by Crippen LogP contribution is -2.46. The van der Waals surface area contributed by atoms with Crippen molar-refractivity contribution in [3.8, 4) is 11.3 Å². The largest absolute Gasteiger partial charge is 0.381 e. The van der Waals surface area contributed by atoms with Gasteiger partial charge in [0.15, 0.2) is 5.69 Å². The third kappa shape index (κ3) is 5.26. The molecule has 0 atom stereocenters. The first-order valence-corrected chi connectivity index (χ1v) is 10.8. The molecule has 0 bridgehead atoms. The SMILES string of the molecule is O=C(NCC(=O)N1CCC(Nc2ccccc2Cl)CC1)c1cc(-c2cccc(F)c2)[nH]n1. The van der Waals surface area contributed by atoms with Crippen LogP contribution in [0.5, 0.6) is 0 Å². The van der Waals surface area contributed by atoms with Gasteiger partial charge in [-0.05, 0) is 43.2 Å². The fourth-order valence-electron chi connectivity index (χ4n) is 3.67. The Morgan fingerprint density at radius 3 is 2.66 bits per heavy atom. The molecule has 1 fully saturated rings. The molecule has 0 aliphatic carbocycles. The van der Waals surface area contributed by atoms with E-state index in [1.807, 2.05) is 24.3 Å². The molecule has 0 unspecified atom stereocenters. The van der Waals surface area contributed by atoms with E-state index in [1.165, 1.54) is 18.2 Å². The molecule has 1 saturated heterocycles. The number of hydrogen-bond donors (Lipinski definition) is 3. The number of H-pyrrole nitrogens is 1. The van der Waals surface area contributed by atoms with E-state index in [1.54, 1.807) is 17.0 Å². The van der Waals surface area contributed by atoms with Crippen molar-refractivity contribution in [1.29, 1.82) is 0 Å². The van der Waals surface area contributed by atoms with Crippen LogP contribution < -0.4 is 10.6 Å². The third-order valence-electron chi connectivity index (χ3n) is 5.43. The van der Waals surface area contributed by atoms with Gasteiger partial charge in [0.05, 0.1) is 22.9 Å². The second-order valence-corrected chi connectivity index (χ2v) is 8.05. The standard InChI is InChI=1S/C23H23ClFN5O2/c24-18-6-1-2-7-19(18)27-17-8-10-30(11-9-17)22(31)14-26-23(32)21-13-20(28-29-21)15-4-3-5-16(25)12-15/h1-7,12-13,17,27H,8-11,14H2,(H,26,32)(H,28,29). The number of aromatic nitrogens is 2. The second-order valence-electron chi connectivity index (χ2n) is 7.64. The summed E-state index contributed by atoms with van der Waals surface area (Å²) in [5.41, 5.74) is 2.14. The predicted octanol–water partition coefficient (Wildman–Crippen LogP) is 3.70. The highest BCUT2D eigenvalue weighted by Crippen LogP contribution is 2.24. The number of halogens is 2. The maximum absolute atomic E-state index is 13.4. The first kappa shape index (κ1) is 21.8. The number of likely N-dealkylation sites (tertiary alicyclic amines) is 1. The fraction of sp³-hybridized carbons (Fsp3) is 0.261. The summed E-state index contributed by atoms with van der Waals surface area (Å²) in [7, 11) is 0. The normalized spacial score (nSPS) is 14.2. The van der Waals surface area contributed by atoms with Crippen LogP contribution in [0.15, 0.2) is 54.6 Å². The van der Waals surface area contributed by atoms with E-state index in [0.29, 0.717) is 29.4 Å². The lowest BCUT2D eigenvalue weighted by Gasteiger charge is -2.33. The zero-order valence-electron chi connectivity index (χ0n) is 17.3. The van der Waals surface area contributed by atoms with Crippen molar-refractivity contribution in [3.05, 3.63) is 71.1 Å². The minimum absolute atomic E-state index is 0.108. The Labute approximate surface area is 190 Å². The summed E-state index contributed by atoms with van der Waals surface area (Å²) < 4.78 is 13.4. The van der Waals surface area contributed by atoms with Gasteiger partial charge in [0.25, 0.3) is 5.91 Å².